The number of nitrogens with zero attached hydrogens (tertiary/aromatic N) is 2. The summed E-state index contributed by atoms with van der Waals surface area (Å²) in [5.41, 5.74) is 1.61. The molecule has 0 spiro atoms. The van der Waals surface area contributed by atoms with E-state index in [1.165, 1.54) is 0 Å². The minimum absolute atomic E-state index is 0.157. The molecule has 9 heteroatoms. The fourth-order valence-corrected chi connectivity index (χ4v) is 4.25. The van der Waals surface area contributed by atoms with E-state index < -0.39 is 24.2 Å². The number of hydrogen-bond acceptors (Lipinski definition) is 9. The minimum atomic E-state index is -1.30. The summed E-state index contributed by atoms with van der Waals surface area (Å²) >= 11 is 0. The lowest BCUT2D eigenvalue weighted by Crippen LogP contribution is -2.34. The molecule has 2 aromatic heterocycles. The molecule has 180 valence electrons. The van der Waals surface area contributed by atoms with Crippen LogP contribution in [0.5, 0.6) is 17.5 Å². The third kappa shape index (κ3) is 4.03. The van der Waals surface area contributed by atoms with Crippen LogP contribution in [-0.2, 0) is 5.41 Å². The van der Waals surface area contributed by atoms with Crippen LogP contribution in [0.15, 0.2) is 59.3 Å². The van der Waals surface area contributed by atoms with Gasteiger partial charge in [-0.2, -0.15) is 0 Å². The second-order valence-corrected chi connectivity index (χ2v) is 8.89. The number of ether oxygens (including phenoxy) is 2. The van der Waals surface area contributed by atoms with Crippen LogP contribution >= 0.6 is 0 Å². The van der Waals surface area contributed by atoms with E-state index in [0.717, 1.165) is 5.56 Å². The van der Waals surface area contributed by atoms with Crippen molar-refractivity contribution < 1.29 is 34.0 Å². The van der Waals surface area contributed by atoms with Crippen LogP contribution in [0.25, 0.3) is 11.0 Å². The zero-order valence-corrected chi connectivity index (χ0v) is 19.1. The Kier molecular flexibility index (Phi) is 5.76. The number of fused-ring (bicyclic) bond motifs is 4. The highest BCUT2D eigenvalue weighted by Crippen LogP contribution is 2.46. The van der Waals surface area contributed by atoms with Crippen LogP contribution < -0.4 is 9.47 Å². The molecule has 5 rings (SSSR count). The van der Waals surface area contributed by atoms with Crippen LogP contribution in [0.1, 0.15) is 41.1 Å². The summed E-state index contributed by atoms with van der Waals surface area (Å²) in [5, 5.41) is 29.1. The molecule has 35 heavy (non-hydrogen) atoms. The Morgan fingerprint density at radius 2 is 1.77 bits per heavy atom. The van der Waals surface area contributed by atoms with Crippen LogP contribution in [0.4, 0.5) is 0 Å². The SMILES string of the molecule is CC1(C)c2cc(OC[C@@H](O)[C@H](O)CO)ccc2C(=O)c2c1oc1cc(Oc3ncccn3)ccc21. The molecule has 0 aliphatic heterocycles. The Morgan fingerprint density at radius 1 is 1.03 bits per heavy atom. The zero-order chi connectivity index (χ0) is 24.7. The van der Waals surface area contributed by atoms with Gasteiger partial charge >= 0.3 is 6.01 Å². The van der Waals surface area contributed by atoms with Crippen molar-refractivity contribution in [1.29, 1.82) is 0 Å². The summed E-state index contributed by atoms with van der Waals surface area (Å²) in [7, 11) is 0. The first-order chi connectivity index (χ1) is 16.8. The first kappa shape index (κ1) is 23.0. The number of benzene rings is 2. The number of aliphatic hydroxyl groups is 3. The van der Waals surface area contributed by atoms with E-state index in [9.17, 15) is 15.0 Å². The van der Waals surface area contributed by atoms with Gasteiger partial charge in [-0.25, -0.2) is 9.97 Å². The van der Waals surface area contributed by atoms with Crippen LogP contribution in [0.2, 0.25) is 0 Å². The van der Waals surface area contributed by atoms with Gasteiger partial charge in [0.2, 0.25) is 0 Å². The molecule has 4 aromatic rings. The average Bonchev–Trinajstić information content (AvgIpc) is 3.26. The summed E-state index contributed by atoms with van der Waals surface area (Å²) in [5.74, 6) is 1.28. The molecular weight excluding hydrogens is 452 g/mol. The van der Waals surface area contributed by atoms with Gasteiger partial charge in [0.15, 0.2) is 5.78 Å². The molecule has 1 aliphatic rings. The van der Waals surface area contributed by atoms with Crippen molar-refractivity contribution in [2.75, 3.05) is 13.2 Å². The Balaban J connectivity index is 1.49. The number of furan rings is 1. The smallest absolute Gasteiger partial charge is 0.321 e. The van der Waals surface area contributed by atoms with Crippen molar-refractivity contribution in [2.24, 2.45) is 0 Å². The van der Waals surface area contributed by atoms with Crippen molar-refractivity contribution in [3.63, 3.8) is 0 Å². The second-order valence-electron chi connectivity index (χ2n) is 8.89. The summed E-state index contributed by atoms with van der Waals surface area (Å²) in [6, 6.07) is 12.2. The molecule has 2 heterocycles. The van der Waals surface area contributed by atoms with E-state index >= 15 is 0 Å². The van der Waals surface area contributed by atoms with Gasteiger partial charge in [0.05, 0.1) is 12.2 Å². The fourth-order valence-electron chi connectivity index (χ4n) is 4.25. The molecule has 1 aliphatic carbocycles. The lowest BCUT2D eigenvalue weighted by atomic mass is 9.71. The average molecular weight is 476 g/mol. The van der Waals surface area contributed by atoms with Gasteiger partial charge in [0.25, 0.3) is 0 Å². The van der Waals surface area contributed by atoms with Gasteiger partial charge in [0, 0.05) is 34.8 Å². The van der Waals surface area contributed by atoms with Crippen LogP contribution in [-0.4, -0.2) is 56.5 Å². The number of aromatic nitrogens is 2. The highest BCUT2D eigenvalue weighted by molar-refractivity contribution is 6.19. The molecule has 0 radical (unpaired) electrons. The quantitative estimate of drug-likeness (QED) is 0.368. The maximum atomic E-state index is 13.5. The molecule has 3 N–H and O–H groups in total. The number of hydrogen-bond donors (Lipinski definition) is 3. The monoisotopic (exact) mass is 476 g/mol. The number of carbonyl (C=O) groups is 1. The van der Waals surface area contributed by atoms with Gasteiger partial charge in [-0.15, -0.1) is 0 Å². The topological polar surface area (TPSA) is 135 Å². The Hall–Kier alpha value is -3.79. The molecule has 0 unspecified atom stereocenters. The van der Waals surface area contributed by atoms with Crippen molar-refractivity contribution in [2.45, 2.75) is 31.5 Å². The fraction of sp³-hybridized carbons (Fsp3) is 0.269. The lowest BCUT2D eigenvalue weighted by molar-refractivity contribution is -0.0339. The van der Waals surface area contributed by atoms with E-state index in [1.54, 1.807) is 54.9 Å². The summed E-state index contributed by atoms with van der Waals surface area (Å²) in [6.07, 6.45) is 0.618. The van der Waals surface area contributed by atoms with Crippen molar-refractivity contribution >= 4 is 16.8 Å². The molecule has 0 saturated carbocycles. The Morgan fingerprint density at radius 3 is 2.51 bits per heavy atom. The summed E-state index contributed by atoms with van der Waals surface area (Å²) in [6.45, 7) is 3.14. The second kappa shape index (κ2) is 8.77. The maximum Gasteiger partial charge on any atom is 0.321 e. The van der Waals surface area contributed by atoms with Crippen LogP contribution in [0, 0.1) is 0 Å². The van der Waals surface area contributed by atoms with Gasteiger partial charge in [0.1, 0.15) is 41.7 Å². The molecular formula is C26H24N2O7. The third-order valence-corrected chi connectivity index (χ3v) is 6.17. The van der Waals surface area contributed by atoms with Gasteiger partial charge < -0.3 is 29.2 Å². The number of carbonyl (C=O) groups excluding carboxylic acids is 1. The van der Waals surface area contributed by atoms with Gasteiger partial charge in [-0.1, -0.05) is 0 Å². The standard InChI is InChI=1S/C26H24N2O7/c1-26(2)18-10-14(33-13-20(31)19(30)12-29)4-6-16(18)23(32)22-17-7-5-15(11-21(17)35-24(22)26)34-25-27-8-3-9-28-25/h3-11,19-20,29-31H,12-13H2,1-2H3/t19-,20-/m1/s1. The Labute approximate surface area is 200 Å². The van der Waals surface area contributed by atoms with E-state index in [0.29, 0.717) is 39.4 Å². The minimum Gasteiger partial charge on any atom is -0.491 e. The largest absolute Gasteiger partial charge is 0.491 e. The number of aliphatic hydroxyl groups excluding tert-OH is 3. The first-order valence-electron chi connectivity index (χ1n) is 11.1. The lowest BCUT2D eigenvalue weighted by Gasteiger charge is -2.31. The maximum absolute atomic E-state index is 13.5. The third-order valence-electron chi connectivity index (χ3n) is 6.17. The van der Waals surface area contributed by atoms with Crippen molar-refractivity contribution in [3.05, 3.63) is 77.3 Å². The molecule has 9 nitrogen and oxygen atoms in total. The van der Waals surface area contributed by atoms with E-state index in [2.05, 4.69) is 9.97 Å². The van der Waals surface area contributed by atoms with E-state index in [4.69, 9.17) is 19.0 Å². The molecule has 2 atom stereocenters. The summed E-state index contributed by atoms with van der Waals surface area (Å²) < 4.78 is 17.5. The summed E-state index contributed by atoms with van der Waals surface area (Å²) in [4.78, 5) is 21.6. The number of ketones is 1. The number of rotatable bonds is 7. The van der Waals surface area contributed by atoms with Gasteiger partial charge in [-0.3, -0.25) is 4.79 Å². The van der Waals surface area contributed by atoms with Crippen molar-refractivity contribution in [3.8, 4) is 17.5 Å². The first-order valence-corrected chi connectivity index (χ1v) is 11.1. The molecule has 0 amide bonds. The highest BCUT2D eigenvalue weighted by Gasteiger charge is 2.41. The van der Waals surface area contributed by atoms with E-state index in [1.807, 2.05) is 13.8 Å². The normalized spacial score (nSPS) is 15.9. The molecule has 0 bridgehead atoms. The Bertz CT molecular complexity index is 1400. The molecule has 0 fully saturated rings. The van der Waals surface area contributed by atoms with E-state index in [-0.39, 0.29) is 18.4 Å². The predicted molar refractivity (Wildman–Crippen MR) is 125 cm³/mol. The highest BCUT2D eigenvalue weighted by atomic mass is 16.5. The molecule has 0 saturated heterocycles. The van der Waals surface area contributed by atoms with Gasteiger partial charge in [-0.05, 0) is 55.8 Å². The van der Waals surface area contributed by atoms with Crippen LogP contribution in [0.3, 0.4) is 0 Å². The predicted octanol–water partition coefficient (Wildman–Crippen LogP) is 2.98. The molecule has 2 aromatic carbocycles. The van der Waals surface area contributed by atoms with Crippen molar-refractivity contribution in [1.82, 2.24) is 9.97 Å². The zero-order valence-electron chi connectivity index (χ0n) is 19.1.